The maximum Gasteiger partial charge on any atom is 0.279 e. The van der Waals surface area contributed by atoms with Crippen molar-refractivity contribution < 1.29 is 13.2 Å². The van der Waals surface area contributed by atoms with E-state index in [0.717, 1.165) is 22.6 Å². The molecule has 0 atom stereocenters. The largest absolute Gasteiger partial charge is 0.319 e. The molecule has 0 aliphatic rings. The fraction of sp³-hybridized carbons (Fsp3) is 0.0909. The van der Waals surface area contributed by atoms with Crippen LogP contribution in [-0.2, 0) is 16.4 Å². The van der Waals surface area contributed by atoms with Gasteiger partial charge in [-0.3, -0.25) is 4.79 Å². The number of rotatable bonds is 4. The third-order valence-corrected chi connectivity index (χ3v) is 6.49. The zero-order valence-corrected chi connectivity index (χ0v) is 17.3. The molecular weight excluding hydrogens is 404 g/mol. The quantitative estimate of drug-likeness (QED) is 0.501. The third kappa shape index (κ3) is 4.21. The molecule has 1 amide bonds. The van der Waals surface area contributed by atoms with Crippen LogP contribution in [0.15, 0.2) is 88.2 Å². The summed E-state index contributed by atoms with van der Waals surface area (Å²) in [5.74, 6) is -0.468. The van der Waals surface area contributed by atoms with Crippen LogP contribution in [0.2, 0.25) is 0 Å². The molecule has 1 heterocycles. The second-order valence-corrected chi connectivity index (χ2v) is 9.56. The maximum absolute atomic E-state index is 12.6. The number of carbonyl (C=O) groups is 1. The number of carbonyl (C=O) groups excluding carboxylic acids is 1. The van der Waals surface area contributed by atoms with Gasteiger partial charge >= 0.3 is 0 Å². The Morgan fingerprint density at radius 2 is 1.79 bits per heavy atom. The highest BCUT2D eigenvalue weighted by Gasteiger charge is 2.12. The lowest BCUT2D eigenvalue weighted by molar-refractivity contribution is 0.0997. The Balaban J connectivity index is 1.69. The van der Waals surface area contributed by atoms with Gasteiger partial charge in [-0.15, -0.1) is 11.3 Å². The monoisotopic (exact) mass is 422 g/mol. The van der Waals surface area contributed by atoms with E-state index >= 15 is 0 Å². The van der Waals surface area contributed by atoms with Gasteiger partial charge in [-0.05, 0) is 34.5 Å². The normalized spacial score (nSPS) is 12.4. The van der Waals surface area contributed by atoms with Gasteiger partial charge < -0.3 is 4.57 Å². The number of amides is 1. The third-order valence-electron chi connectivity index (χ3n) is 4.59. The van der Waals surface area contributed by atoms with Crippen molar-refractivity contribution in [3.8, 4) is 0 Å². The lowest BCUT2D eigenvalue weighted by atomic mass is 10.0. The van der Waals surface area contributed by atoms with Crippen LogP contribution in [0.3, 0.4) is 0 Å². The molecular formula is C22H18N2O3S2. The topological polar surface area (TPSA) is 68.5 Å². The number of sulfone groups is 1. The van der Waals surface area contributed by atoms with Gasteiger partial charge in [-0.25, -0.2) is 8.42 Å². The van der Waals surface area contributed by atoms with Gasteiger partial charge in [0.25, 0.3) is 5.91 Å². The van der Waals surface area contributed by atoms with Crippen molar-refractivity contribution in [1.82, 2.24) is 4.57 Å². The summed E-state index contributed by atoms with van der Waals surface area (Å²) in [4.78, 5) is 17.5. The lowest BCUT2D eigenvalue weighted by Gasteiger charge is -2.07. The summed E-state index contributed by atoms with van der Waals surface area (Å²) in [5.41, 5.74) is 1.38. The second kappa shape index (κ2) is 7.77. The van der Waals surface area contributed by atoms with Gasteiger partial charge in [-0.1, -0.05) is 48.5 Å². The molecule has 0 N–H and O–H groups in total. The molecule has 0 unspecified atom stereocenters. The zero-order chi connectivity index (χ0) is 20.4. The van der Waals surface area contributed by atoms with E-state index in [0.29, 0.717) is 11.3 Å². The number of hydrogen-bond donors (Lipinski definition) is 0. The van der Waals surface area contributed by atoms with Gasteiger partial charge in [0, 0.05) is 23.4 Å². The fourth-order valence-electron chi connectivity index (χ4n) is 3.13. The first-order valence-corrected chi connectivity index (χ1v) is 11.7. The molecule has 1 aromatic heterocycles. The molecule has 0 saturated heterocycles. The maximum atomic E-state index is 12.6. The molecule has 146 valence electrons. The number of benzene rings is 3. The summed E-state index contributed by atoms with van der Waals surface area (Å²) in [6.45, 7) is 0.584. The van der Waals surface area contributed by atoms with E-state index in [-0.39, 0.29) is 10.5 Å². The van der Waals surface area contributed by atoms with Crippen molar-refractivity contribution in [3.05, 3.63) is 94.2 Å². The summed E-state index contributed by atoms with van der Waals surface area (Å²) in [6.07, 6.45) is 3.01. The first kappa shape index (κ1) is 19.3. The van der Waals surface area contributed by atoms with Crippen LogP contribution in [0.25, 0.3) is 10.8 Å². The van der Waals surface area contributed by atoms with Crippen molar-refractivity contribution in [2.24, 2.45) is 4.99 Å². The van der Waals surface area contributed by atoms with Crippen LogP contribution in [0, 0.1) is 0 Å². The van der Waals surface area contributed by atoms with Gasteiger partial charge in [-0.2, -0.15) is 4.99 Å². The predicted molar refractivity (Wildman–Crippen MR) is 115 cm³/mol. The Labute approximate surface area is 172 Å². The van der Waals surface area contributed by atoms with Crippen LogP contribution in [0.5, 0.6) is 0 Å². The van der Waals surface area contributed by atoms with Crippen molar-refractivity contribution in [1.29, 1.82) is 0 Å². The summed E-state index contributed by atoms with van der Waals surface area (Å²) in [7, 11) is -3.39. The molecule has 4 aromatic rings. The number of fused-ring (bicyclic) bond motifs is 1. The summed E-state index contributed by atoms with van der Waals surface area (Å²) in [6, 6.07) is 20.3. The Hall–Kier alpha value is -3.03. The van der Waals surface area contributed by atoms with Gasteiger partial charge in [0.15, 0.2) is 14.6 Å². The molecule has 0 fully saturated rings. The smallest absolute Gasteiger partial charge is 0.279 e. The van der Waals surface area contributed by atoms with Crippen molar-refractivity contribution in [2.45, 2.75) is 11.4 Å². The molecule has 0 saturated carbocycles. The SMILES string of the molecule is CS(=O)(=O)c1cccc(C(=O)N=c2sccn2Cc2cccc3ccccc23)c1. The first-order chi connectivity index (χ1) is 13.9. The highest BCUT2D eigenvalue weighted by atomic mass is 32.2. The second-order valence-electron chi connectivity index (χ2n) is 6.67. The summed E-state index contributed by atoms with van der Waals surface area (Å²) >= 11 is 1.36. The van der Waals surface area contributed by atoms with E-state index in [1.54, 1.807) is 12.1 Å². The Bertz CT molecular complexity index is 1380. The predicted octanol–water partition coefficient (Wildman–Crippen LogP) is 3.90. The highest BCUT2D eigenvalue weighted by Crippen LogP contribution is 2.19. The molecule has 0 spiro atoms. The molecule has 29 heavy (non-hydrogen) atoms. The number of aromatic nitrogens is 1. The van der Waals surface area contributed by atoms with Crippen LogP contribution in [0.1, 0.15) is 15.9 Å². The first-order valence-electron chi connectivity index (χ1n) is 8.91. The highest BCUT2D eigenvalue weighted by molar-refractivity contribution is 7.90. The molecule has 0 aliphatic heterocycles. The molecule has 5 nitrogen and oxygen atoms in total. The number of hydrogen-bond acceptors (Lipinski definition) is 4. The van der Waals surface area contributed by atoms with E-state index in [1.165, 1.54) is 23.5 Å². The summed E-state index contributed by atoms with van der Waals surface area (Å²) < 4.78 is 25.4. The molecule has 0 bridgehead atoms. The van der Waals surface area contributed by atoms with Crippen molar-refractivity contribution in [3.63, 3.8) is 0 Å². The van der Waals surface area contributed by atoms with Gasteiger partial charge in [0.2, 0.25) is 0 Å². The lowest BCUT2D eigenvalue weighted by Crippen LogP contribution is -2.17. The minimum atomic E-state index is -3.39. The number of nitrogens with zero attached hydrogens (tertiary/aromatic N) is 2. The average Bonchev–Trinajstić information content (AvgIpc) is 3.14. The van der Waals surface area contributed by atoms with Crippen LogP contribution >= 0.6 is 11.3 Å². The van der Waals surface area contributed by atoms with Crippen LogP contribution < -0.4 is 4.80 Å². The van der Waals surface area contributed by atoms with Crippen LogP contribution in [0.4, 0.5) is 0 Å². The Kier molecular flexibility index (Phi) is 5.17. The van der Waals surface area contributed by atoms with Gasteiger partial charge in [0.05, 0.1) is 11.4 Å². The zero-order valence-electron chi connectivity index (χ0n) is 15.6. The Morgan fingerprint density at radius 1 is 1.03 bits per heavy atom. The molecule has 7 heteroatoms. The molecule has 0 radical (unpaired) electrons. The fourth-order valence-corrected chi connectivity index (χ4v) is 4.52. The average molecular weight is 423 g/mol. The minimum absolute atomic E-state index is 0.105. The van der Waals surface area contributed by atoms with E-state index in [2.05, 4.69) is 29.3 Å². The Morgan fingerprint density at radius 3 is 2.62 bits per heavy atom. The summed E-state index contributed by atoms with van der Waals surface area (Å²) in [5, 5.41) is 4.20. The van der Waals surface area contributed by atoms with E-state index in [9.17, 15) is 13.2 Å². The minimum Gasteiger partial charge on any atom is -0.319 e. The van der Waals surface area contributed by atoms with E-state index < -0.39 is 15.7 Å². The van der Waals surface area contributed by atoms with E-state index in [1.807, 2.05) is 34.3 Å². The molecule has 0 aliphatic carbocycles. The number of thiazole rings is 1. The van der Waals surface area contributed by atoms with E-state index in [4.69, 9.17) is 0 Å². The van der Waals surface area contributed by atoms with Crippen molar-refractivity contribution >= 4 is 37.9 Å². The standard InChI is InChI=1S/C22H18N2O3S2/c1-29(26,27)19-10-5-8-17(14-19)21(25)23-22-24(12-13-28-22)15-18-9-4-7-16-6-2-3-11-20(16)18/h2-14H,15H2,1H3. The van der Waals surface area contributed by atoms with Crippen LogP contribution in [-0.4, -0.2) is 25.1 Å². The molecule has 3 aromatic carbocycles. The molecule has 4 rings (SSSR count). The van der Waals surface area contributed by atoms with Gasteiger partial charge in [0.1, 0.15) is 0 Å². The van der Waals surface area contributed by atoms with Crippen molar-refractivity contribution in [2.75, 3.05) is 6.26 Å².